The third kappa shape index (κ3) is 4.58. The topological polar surface area (TPSA) is 78.9 Å². The summed E-state index contributed by atoms with van der Waals surface area (Å²) in [6.07, 6.45) is 1.61. The van der Waals surface area contributed by atoms with Crippen molar-refractivity contribution in [2.45, 2.75) is 6.04 Å². The number of rotatable bonds is 6. The Labute approximate surface area is 195 Å². The fraction of sp³-hybridized carbons (Fsp3) is 0.231. The zero-order valence-corrected chi connectivity index (χ0v) is 18.4. The molecule has 34 heavy (non-hydrogen) atoms. The van der Waals surface area contributed by atoms with E-state index in [2.05, 4.69) is 15.1 Å². The van der Waals surface area contributed by atoms with E-state index in [0.29, 0.717) is 17.5 Å². The highest BCUT2D eigenvalue weighted by Crippen LogP contribution is 2.25. The minimum absolute atomic E-state index is 0.0250. The van der Waals surface area contributed by atoms with E-state index in [4.69, 9.17) is 8.83 Å². The van der Waals surface area contributed by atoms with Crippen molar-refractivity contribution < 1.29 is 18.0 Å². The largest absolute Gasteiger partial charge is 0.468 e. The third-order valence-electron chi connectivity index (χ3n) is 6.13. The third-order valence-corrected chi connectivity index (χ3v) is 6.13. The van der Waals surface area contributed by atoms with Crippen LogP contribution in [0.1, 0.15) is 22.4 Å². The number of amides is 1. The minimum Gasteiger partial charge on any atom is -0.468 e. The highest BCUT2D eigenvalue weighted by atomic mass is 19.1. The van der Waals surface area contributed by atoms with Crippen LogP contribution >= 0.6 is 0 Å². The standard InChI is InChI=1S/C26H24FN3O4/c27-18-7-9-19(10-8-18)29-11-13-30(14-12-29)21(24-6-3-15-33-24)17-28-26(32)25-16-22(31)20-4-1-2-5-23(20)34-25/h1-10,15-16,21H,11-14,17H2,(H,28,32). The molecule has 1 amide bonds. The number of benzene rings is 2. The molecule has 1 aliphatic rings. The summed E-state index contributed by atoms with van der Waals surface area (Å²) in [6, 6.07) is 18.1. The average molecular weight is 461 g/mol. The summed E-state index contributed by atoms with van der Waals surface area (Å²) in [4.78, 5) is 29.6. The lowest BCUT2D eigenvalue weighted by Gasteiger charge is -2.39. The Morgan fingerprint density at radius 3 is 2.50 bits per heavy atom. The van der Waals surface area contributed by atoms with Crippen LogP contribution in [0.15, 0.2) is 86.6 Å². The summed E-state index contributed by atoms with van der Waals surface area (Å²) in [7, 11) is 0. The lowest BCUT2D eigenvalue weighted by atomic mass is 10.1. The fourth-order valence-corrected chi connectivity index (χ4v) is 4.33. The average Bonchev–Trinajstić information content (AvgIpc) is 3.40. The maximum Gasteiger partial charge on any atom is 0.287 e. The van der Waals surface area contributed by atoms with Crippen LogP contribution in [-0.4, -0.2) is 43.5 Å². The van der Waals surface area contributed by atoms with Crippen LogP contribution in [-0.2, 0) is 0 Å². The molecule has 1 atom stereocenters. The fourth-order valence-electron chi connectivity index (χ4n) is 4.33. The van der Waals surface area contributed by atoms with Gasteiger partial charge in [-0.25, -0.2) is 4.39 Å². The highest BCUT2D eigenvalue weighted by molar-refractivity contribution is 5.93. The molecular formula is C26H24FN3O4. The Morgan fingerprint density at radius 1 is 1.00 bits per heavy atom. The van der Waals surface area contributed by atoms with Crippen molar-refractivity contribution >= 4 is 22.6 Å². The highest BCUT2D eigenvalue weighted by Gasteiger charge is 2.28. The van der Waals surface area contributed by atoms with Gasteiger partial charge in [-0.1, -0.05) is 12.1 Å². The summed E-state index contributed by atoms with van der Waals surface area (Å²) in [5, 5.41) is 3.33. The number of furan rings is 1. The van der Waals surface area contributed by atoms with Gasteiger partial charge in [0.1, 0.15) is 17.2 Å². The maximum atomic E-state index is 13.3. The minimum atomic E-state index is -0.454. The predicted octanol–water partition coefficient (Wildman–Crippen LogP) is 3.82. The van der Waals surface area contributed by atoms with Gasteiger partial charge in [0, 0.05) is 44.5 Å². The Kier molecular flexibility index (Phi) is 6.14. The first kappa shape index (κ1) is 21.9. The van der Waals surface area contributed by atoms with E-state index in [1.54, 1.807) is 42.7 Å². The Morgan fingerprint density at radius 2 is 1.76 bits per heavy atom. The number of hydrogen-bond acceptors (Lipinski definition) is 6. The second kappa shape index (κ2) is 9.52. The number of anilines is 1. The quantitative estimate of drug-likeness (QED) is 0.470. The van der Waals surface area contributed by atoms with Gasteiger partial charge < -0.3 is 19.1 Å². The number of hydrogen-bond donors (Lipinski definition) is 1. The Hall–Kier alpha value is -3.91. The molecule has 5 rings (SSSR count). The molecule has 0 saturated carbocycles. The van der Waals surface area contributed by atoms with Crippen molar-refractivity contribution in [3.8, 4) is 0 Å². The van der Waals surface area contributed by atoms with E-state index in [1.807, 2.05) is 12.1 Å². The normalized spacial score (nSPS) is 15.4. The number of carbonyl (C=O) groups is 1. The first-order valence-corrected chi connectivity index (χ1v) is 11.2. The molecule has 0 spiro atoms. The molecule has 1 N–H and O–H groups in total. The molecule has 1 unspecified atom stereocenters. The molecule has 1 fully saturated rings. The predicted molar refractivity (Wildman–Crippen MR) is 126 cm³/mol. The number of halogens is 1. The van der Waals surface area contributed by atoms with Crippen LogP contribution in [0.3, 0.4) is 0 Å². The Bertz CT molecular complexity index is 1330. The van der Waals surface area contributed by atoms with Gasteiger partial charge in [-0.3, -0.25) is 14.5 Å². The summed E-state index contributed by atoms with van der Waals surface area (Å²) >= 11 is 0. The monoisotopic (exact) mass is 461 g/mol. The molecule has 0 bridgehead atoms. The smallest absolute Gasteiger partial charge is 0.287 e. The molecule has 0 aliphatic carbocycles. The van der Waals surface area contributed by atoms with Gasteiger partial charge in [0.15, 0.2) is 11.2 Å². The first-order valence-electron chi connectivity index (χ1n) is 11.2. The van der Waals surface area contributed by atoms with Gasteiger partial charge in [0.25, 0.3) is 5.91 Å². The van der Waals surface area contributed by atoms with Crippen LogP contribution in [0.25, 0.3) is 11.0 Å². The molecule has 2 aromatic carbocycles. The van der Waals surface area contributed by atoms with Crippen molar-refractivity contribution in [2.75, 3.05) is 37.6 Å². The lowest BCUT2D eigenvalue weighted by molar-refractivity contribution is 0.0896. The summed E-state index contributed by atoms with van der Waals surface area (Å²) < 4.78 is 24.6. The molecule has 1 aliphatic heterocycles. The summed E-state index contributed by atoms with van der Waals surface area (Å²) in [6.45, 7) is 3.29. The summed E-state index contributed by atoms with van der Waals surface area (Å²) in [5.74, 6) is 0.0149. The molecule has 1 saturated heterocycles. The number of carbonyl (C=O) groups excluding carboxylic acids is 1. The lowest BCUT2D eigenvalue weighted by Crippen LogP contribution is -2.49. The van der Waals surface area contributed by atoms with Gasteiger partial charge in [-0.2, -0.15) is 0 Å². The second-order valence-corrected chi connectivity index (χ2v) is 8.21. The van der Waals surface area contributed by atoms with Gasteiger partial charge >= 0.3 is 0 Å². The summed E-state index contributed by atoms with van der Waals surface area (Å²) in [5.41, 5.74) is 1.10. The van der Waals surface area contributed by atoms with Gasteiger partial charge in [0.05, 0.1) is 17.7 Å². The van der Waals surface area contributed by atoms with Crippen LogP contribution in [0, 0.1) is 5.82 Å². The van der Waals surface area contributed by atoms with Crippen LogP contribution in [0.5, 0.6) is 0 Å². The molecule has 0 radical (unpaired) electrons. The first-order chi connectivity index (χ1) is 16.6. The van der Waals surface area contributed by atoms with Gasteiger partial charge in [-0.15, -0.1) is 0 Å². The van der Waals surface area contributed by atoms with E-state index in [9.17, 15) is 14.0 Å². The van der Waals surface area contributed by atoms with E-state index in [-0.39, 0.29) is 23.0 Å². The SMILES string of the molecule is O=C(NCC(c1ccco1)N1CCN(c2ccc(F)cc2)CC1)c1cc(=O)c2ccccc2o1. The maximum absolute atomic E-state index is 13.3. The number of nitrogens with one attached hydrogen (secondary N) is 1. The van der Waals surface area contributed by atoms with Crippen molar-refractivity contribution in [1.29, 1.82) is 0 Å². The Balaban J connectivity index is 1.28. The molecule has 3 heterocycles. The molecule has 4 aromatic rings. The number of piperazine rings is 1. The van der Waals surface area contributed by atoms with Crippen molar-refractivity contribution in [3.05, 3.63) is 101 Å². The molecule has 174 valence electrons. The molecule has 8 heteroatoms. The van der Waals surface area contributed by atoms with E-state index in [0.717, 1.165) is 37.6 Å². The van der Waals surface area contributed by atoms with E-state index >= 15 is 0 Å². The number of para-hydroxylation sites is 1. The van der Waals surface area contributed by atoms with Crippen LogP contribution in [0.4, 0.5) is 10.1 Å². The van der Waals surface area contributed by atoms with Gasteiger partial charge in [0.2, 0.25) is 0 Å². The van der Waals surface area contributed by atoms with Crippen molar-refractivity contribution in [1.82, 2.24) is 10.2 Å². The molecule has 7 nitrogen and oxygen atoms in total. The zero-order chi connectivity index (χ0) is 23.5. The number of fused-ring (bicyclic) bond motifs is 1. The van der Waals surface area contributed by atoms with Crippen molar-refractivity contribution in [3.63, 3.8) is 0 Å². The molecular weight excluding hydrogens is 437 g/mol. The second-order valence-electron chi connectivity index (χ2n) is 8.21. The number of nitrogens with zero attached hydrogens (tertiary/aromatic N) is 2. The van der Waals surface area contributed by atoms with E-state index < -0.39 is 5.91 Å². The molecule has 2 aromatic heterocycles. The van der Waals surface area contributed by atoms with Crippen molar-refractivity contribution in [2.24, 2.45) is 0 Å². The zero-order valence-electron chi connectivity index (χ0n) is 18.4. The van der Waals surface area contributed by atoms with Gasteiger partial charge in [-0.05, 0) is 48.5 Å². The van der Waals surface area contributed by atoms with Crippen LogP contribution in [0.2, 0.25) is 0 Å². The van der Waals surface area contributed by atoms with E-state index in [1.165, 1.54) is 18.2 Å². The van der Waals surface area contributed by atoms with Crippen LogP contribution < -0.4 is 15.6 Å².